The van der Waals surface area contributed by atoms with Crippen molar-refractivity contribution in [3.8, 4) is 11.4 Å². The molecule has 1 aromatic carbocycles. The number of hydrogen-bond acceptors (Lipinski definition) is 7. The lowest BCUT2D eigenvalue weighted by molar-refractivity contribution is -0.123. The predicted octanol–water partition coefficient (Wildman–Crippen LogP) is 4.02. The van der Waals surface area contributed by atoms with Gasteiger partial charge in [0.15, 0.2) is 11.5 Å². The summed E-state index contributed by atoms with van der Waals surface area (Å²) in [4.78, 5) is 24.6. The quantitative estimate of drug-likeness (QED) is 0.278. The topological polar surface area (TPSA) is 124 Å². The van der Waals surface area contributed by atoms with Crippen LogP contribution in [0.3, 0.4) is 0 Å². The number of carbonyl (C=O) groups excluding carboxylic acids is 2. The maximum atomic E-state index is 12.5. The number of alkyl halides is 4. The molecule has 0 aliphatic carbocycles. The van der Waals surface area contributed by atoms with Crippen molar-refractivity contribution in [3.63, 3.8) is 0 Å². The molecular formula is C22H24F4N6O4. The summed E-state index contributed by atoms with van der Waals surface area (Å²) in [6, 6.07) is 5.51. The van der Waals surface area contributed by atoms with Crippen molar-refractivity contribution >= 4 is 17.6 Å². The summed E-state index contributed by atoms with van der Waals surface area (Å²) >= 11 is 0. The van der Waals surface area contributed by atoms with Gasteiger partial charge < -0.3 is 19.9 Å². The van der Waals surface area contributed by atoms with Crippen molar-refractivity contribution in [2.24, 2.45) is 0 Å². The Morgan fingerprint density at radius 2 is 1.89 bits per heavy atom. The Hall–Kier alpha value is -3.97. The Balaban J connectivity index is 1.77. The zero-order valence-corrected chi connectivity index (χ0v) is 19.3. The van der Waals surface area contributed by atoms with Crippen molar-refractivity contribution < 1.29 is 36.4 Å². The van der Waals surface area contributed by atoms with Gasteiger partial charge in [0.05, 0.1) is 19.5 Å². The van der Waals surface area contributed by atoms with Gasteiger partial charge in [-0.3, -0.25) is 14.0 Å². The molecule has 0 fully saturated rings. The van der Waals surface area contributed by atoms with E-state index in [9.17, 15) is 27.2 Å². The van der Waals surface area contributed by atoms with Crippen LogP contribution in [0, 0.1) is 6.92 Å². The molecule has 10 nitrogen and oxygen atoms in total. The summed E-state index contributed by atoms with van der Waals surface area (Å²) in [7, 11) is 0. The molecule has 2 heterocycles. The fourth-order valence-corrected chi connectivity index (χ4v) is 3.07. The molecule has 0 radical (unpaired) electrons. The van der Waals surface area contributed by atoms with Crippen molar-refractivity contribution in [2.45, 2.75) is 38.8 Å². The van der Waals surface area contributed by atoms with Crippen LogP contribution < -0.4 is 15.4 Å². The molecule has 0 aliphatic rings. The molecule has 2 amide bonds. The van der Waals surface area contributed by atoms with Crippen LogP contribution in [0.15, 0.2) is 35.0 Å². The fraction of sp³-hybridized carbons (Fsp3) is 0.409. The van der Waals surface area contributed by atoms with E-state index in [1.165, 1.54) is 35.1 Å². The molecule has 3 aromatic rings. The number of amides is 2. The van der Waals surface area contributed by atoms with Crippen molar-refractivity contribution in [2.75, 3.05) is 25.1 Å². The van der Waals surface area contributed by atoms with E-state index in [0.29, 0.717) is 37.1 Å². The van der Waals surface area contributed by atoms with Crippen LogP contribution in [0.1, 0.15) is 52.3 Å². The zero-order chi connectivity index (χ0) is 26.1. The number of ether oxygens (including phenoxy) is 1. The van der Waals surface area contributed by atoms with Crippen molar-refractivity contribution in [3.05, 3.63) is 47.5 Å². The number of benzene rings is 1. The highest BCUT2D eigenvalue weighted by Crippen LogP contribution is 2.25. The molecular weight excluding hydrogens is 488 g/mol. The maximum Gasteiger partial charge on any atom is 0.405 e. The second kappa shape index (κ2) is 12.1. The number of nitrogens with one attached hydrogen (secondary N) is 2. The molecule has 14 heteroatoms. The Kier molecular flexibility index (Phi) is 8.97. The van der Waals surface area contributed by atoms with Gasteiger partial charge in [0.1, 0.15) is 23.7 Å². The number of carbonyl (C=O) groups is 2. The van der Waals surface area contributed by atoms with Gasteiger partial charge in [-0.1, -0.05) is 16.8 Å². The first kappa shape index (κ1) is 26.6. The van der Waals surface area contributed by atoms with Crippen molar-refractivity contribution in [1.82, 2.24) is 25.5 Å². The van der Waals surface area contributed by atoms with Gasteiger partial charge in [-0.2, -0.15) is 13.2 Å². The molecule has 0 bridgehead atoms. The van der Waals surface area contributed by atoms with Gasteiger partial charge in [-0.25, -0.2) is 4.68 Å². The summed E-state index contributed by atoms with van der Waals surface area (Å²) in [6.07, 6.45) is -0.824. The van der Waals surface area contributed by atoms with Crippen molar-refractivity contribution in [1.29, 1.82) is 0 Å². The number of unbranched alkanes of at least 4 members (excludes halogenated alkanes) is 3. The van der Waals surface area contributed by atoms with E-state index in [2.05, 4.69) is 20.8 Å². The largest absolute Gasteiger partial charge is 0.491 e. The van der Waals surface area contributed by atoms with Gasteiger partial charge in [-0.05, 0) is 44.4 Å². The van der Waals surface area contributed by atoms with E-state index >= 15 is 0 Å². The average Bonchev–Trinajstić information content (AvgIpc) is 3.48. The number of aryl methyl sites for hydroxylation is 1. The van der Waals surface area contributed by atoms with E-state index in [1.807, 2.05) is 0 Å². The predicted molar refractivity (Wildman–Crippen MR) is 119 cm³/mol. The molecule has 0 saturated heterocycles. The third kappa shape index (κ3) is 7.78. The minimum absolute atomic E-state index is 0.0557. The second-order valence-electron chi connectivity index (χ2n) is 7.76. The van der Waals surface area contributed by atoms with Crippen LogP contribution >= 0.6 is 0 Å². The molecule has 194 valence electrons. The smallest absolute Gasteiger partial charge is 0.405 e. The summed E-state index contributed by atoms with van der Waals surface area (Å²) in [5.74, 6) is -0.705. The fourth-order valence-electron chi connectivity index (χ4n) is 3.07. The molecule has 0 spiro atoms. The number of nitrogens with zero attached hydrogens (tertiary/aromatic N) is 4. The normalized spacial score (nSPS) is 11.4. The highest BCUT2D eigenvalue weighted by Gasteiger charge is 2.28. The van der Waals surface area contributed by atoms with E-state index in [1.54, 1.807) is 12.2 Å². The molecule has 0 unspecified atom stereocenters. The SMILES string of the molecule is Cc1cc(NC(=O)c2cn(-c3ccc(C(=O)NCC(F)(F)F)cc3OCCCCCCF)nn2)no1. The Morgan fingerprint density at radius 1 is 1.11 bits per heavy atom. The number of hydrogen-bond donors (Lipinski definition) is 2. The van der Waals surface area contributed by atoms with E-state index in [0.717, 1.165) is 0 Å². The number of rotatable bonds is 12. The van der Waals surface area contributed by atoms with Crippen LogP contribution in [0.2, 0.25) is 0 Å². The minimum Gasteiger partial charge on any atom is -0.491 e. The Bertz CT molecular complexity index is 1180. The van der Waals surface area contributed by atoms with Gasteiger partial charge >= 0.3 is 6.18 Å². The van der Waals surface area contributed by atoms with E-state index < -0.39 is 31.2 Å². The third-order valence-corrected chi connectivity index (χ3v) is 4.80. The van der Waals surface area contributed by atoms with Crippen LogP contribution in [0.25, 0.3) is 5.69 Å². The van der Waals surface area contributed by atoms with Gasteiger partial charge in [0.25, 0.3) is 11.8 Å². The monoisotopic (exact) mass is 512 g/mol. The van der Waals surface area contributed by atoms with Gasteiger partial charge in [0.2, 0.25) is 0 Å². The first-order valence-electron chi connectivity index (χ1n) is 11.0. The first-order valence-corrected chi connectivity index (χ1v) is 11.0. The van der Waals surface area contributed by atoms with E-state index in [-0.39, 0.29) is 29.4 Å². The van der Waals surface area contributed by atoms with Gasteiger partial charge in [-0.15, -0.1) is 5.10 Å². The summed E-state index contributed by atoms with van der Waals surface area (Å²) in [6.45, 7) is -0.0153. The Labute approximate surface area is 203 Å². The molecule has 2 aromatic heterocycles. The Morgan fingerprint density at radius 3 is 2.58 bits per heavy atom. The molecule has 0 saturated carbocycles. The van der Waals surface area contributed by atoms with E-state index in [4.69, 9.17) is 9.26 Å². The minimum atomic E-state index is -4.56. The number of halogens is 4. The number of anilines is 1. The molecule has 0 aliphatic heterocycles. The standard InChI is InChI=1S/C22H24F4N6O4/c1-14-10-19(30-36-14)28-21(34)16-12-32(31-29-16)17-7-6-15(20(33)27-13-22(24,25)26)11-18(17)35-9-5-3-2-4-8-23/h6-7,10-12H,2-5,8-9,13H2,1H3,(H,27,33)(H,28,30,34). The molecule has 36 heavy (non-hydrogen) atoms. The molecule has 2 N–H and O–H groups in total. The lowest BCUT2D eigenvalue weighted by atomic mass is 10.1. The zero-order valence-electron chi connectivity index (χ0n) is 19.3. The van der Waals surface area contributed by atoms with Crippen LogP contribution in [-0.4, -0.2) is 58.0 Å². The number of aromatic nitrogens is 4. The van der Waals surface area contributed by atoms with Gasteiger partial charge in [0, 0.05) is 11.6 Å². The first-order chi connectivity index (χ1) is 17.2. The lowest BCUT2D eigenvalue weighted by Crippen LogP contribution is -2.33. The summed E-state index contributed by atoms with van der Waals surface area (Å²) in [5.41, 5.74) is 0.185. The van der Waals surface area contributed by atoms with Crippen LogP contribution in [-0.2, 0) is 0 Å². The summed E-state index contributed by atoms with van der Waals surface area (Å²) < 4.78 is 61.6. The second-order valence-corrected chi connectivity index (χ2v) is 7.76. The highest BCUT2D eigenvalue weighted by molar-refractivity contribution is 6.02. The van der Waals surface area contributed by atoms with Crippen LogP contribution in [0.5, 0.6) is 5.75 Å². The van der Waals surface area contributed by atoms with Crippen LogP contribution in [0.4, 0.5) is 23.4 Å². The summed E-state index contributed by atoms with van der Waals surface area (Å²) in [5, 5.41) is 15.7. The maximum absolute atomic E-state index is 12.5. The highest BCUT2D eigenvalue weighted by atomic mass is 19.4. The lowest BCUT2D eigenvalue weighted by Gasteiger charge is -2.14. The molecule has 0 atom stereocenters. The third-order valence-electron chi connectivity index (χ3n) is 4.80. The molecule has 3 rings (SSSR count). The average molecular weight is 512 g/mol.